The lowest BCUT2D eigenvalue weighted by Gasteiger charge is -2.33. The van der Waals surface area contributed by atoms with Crippen molar-refractivity contribution in [2.75, 3.05) is 31.2 Å². The molecule has 174 valence electrons. The maximum Gasteiger partial charge on any atom is 0.223 e. The molecule has 0 radical (unpaired) electrons. The molecule has 1 aromatic heterocycles. The van der Waals surface area contributed by atoms with E-state index in [-0.39, 0.29) is 17.9 Å². The molecule has 1 amide bonds. The molecule has 1 atom stereocenters. The maximum atomic E-state index is 12.7. The van der Waals surface area contributed by atoms with Gasteiger partial charge in [-0.2, -0.15) is 0 Å². The molecule has 3 aromatic rings. The first-order chi connectivity index (χ1) is 16.0. The summed E-state index contributed by atoms with van der Waals surface area (Å²) in [6, 6.07) is 12.4. The molecule has 3 heterocycles. The number of rotatable bonds is 5. The molecular weight excluding hydrogens is 459 g/mol. The Balaban J connectivity index is 1.43. The second-order valence-corrected chi connectivity index (χ2v) is 9.67. The molecule has 0 aliphatic carbocycles. The van der Waals surface area contributed by atoms with E-state index in [0.717, 1.165) is 68.0 Å². The van der Waals surface area contributed by atoms with Gasteiger partial charge in [0.2, 0.25) is 11.9 Å². The third kappa shape index (κ3) is 4.57. The number of hydrogen-bond acceptors (Lipinski definition) is 4. The lowest BCUT2D eigenvalue weighted by molar-refractivity contribution is -0.126. The lowest BCUT2D eigenvalue weighted by Crippen LogP contribution is -2.44. The van der Waals surface area contributed by atoms with Gasteiger partial charge in [0.05, 0.1) is 33.7 Å². The zero-order chi connectivity index (χ0) is 22.9. The van der Waals surface area contributed by atoms with Crippen molar-refractivity contribution in [3.8, 4) is 5.69 Å². The van der Waals surface area contributed by atoms with Gasteiger partial charge in [0.15, 0.2) is 0 Å². The second kappa shape index (κ2) is 9.53. The smallest absolute Gasteiger partial charge is 0.223 e. The Kier molecular flexibility index (Phi) is 6.50. The van der Waals surface area contributed by atoms with Crippen LogP contribution in [0.3, 0.4) is 0 Å². The first-order valence-corrected chi connectivity index (χ1v) is 12.4. The number of piperidine rings is 1. The van der Waals surface area contributed by atoms with E-state index >= 15 is 0 Å². The van der Waals surface area contributed by atoms with Crippen LogP contribution in [0.2, 0.25) is 10.0 Å². The summed E-state index contributed by atoms with van der Waals surface area (Å²) in [4.78, 5) is 20.0. The van der Waals surface area contributed by atoms with Crippen molar-refractivity contribution in [3.05, 3.63) is 52.0 Å². The number of aryl methyl sites for hydroxylation is 1. The zero-order valence-corrected chi connectivity index (χ0v) is 20.2. The van der Waals surface area contributed by atoms with Crippen LogP contribution in [-0.2, 0) is 16.0 Å². The number of ether oxygens (including phenoxy) is 1. The number of imidazole rings is 1. The van der Waals surface area contributed by atoms with E-state index in [4.69, 9.17) is 32.9 Å². The molecule has 6 nitrogen and oxygen atoms in total. The van der Waals surface area contributed by atoms with E-state index in [1.165, 1.54) is 5.56 Å². The fourth-order valence-corrected chi connectivity index (χ4v) is 5.07. The van der Waals surface area contributed by atoms with Crippen LogP contribution in [0, 0.1) is 5.92 Å². The highest BCUT2D eigenvalue weighted by atomic mass is 35.5. The van der Waals surface area contributed by atoms with Crippen LogP contribution in [0.4, 0.5) is 5.95 Å². The molecule has 2 saturated heterocycles. The number of halogens is 2. The molecule has 5 rings (SSSR count). The summed E-state index contributed by atoms with van der Waals surface area (Å²) in [6.45, 7) is 5.02. The molecule has 0 spiro atoms. The highest BCUT2D eigenvalue weighted by molar-refractivity contribution is 6.42. The Morgan fingerprint density at radius 1 is 1.15 bits per heavy atom. The van der Waals surface area contributed by atoms with Crippen molar-refractivity contribution < 1.29 is 9.53 Å². The Labute approximate surface area is 203 Å². The number of anilines is 1. The van der Waals surface area contributed by atoms with Gasteiger partial charge >= 0.3 is 0 Å². The second-order valence-electron chi connectivity index (χ2n) is 8.86. The van der Waals surface area contributed by atoms with Gasteiger partial charge in [0, 0.05) is 31.3 Å². The van der Waals surface area contributed by atoms with E-state index in [9.17, 15) is 4.79 Å². The molecule has 1 N–H and O–H groups in total. The predicted molar refractivity (Wildman–Crippen MR) is 133 cm³/mol. The average molecular weight is 487 g/mol. The number of amides is 1. The number of fused-ring (bicyclic) bond motifs is 1. The summed E-state index contributed by atoms with van der Waals surface area (Å²) in [5.74, 6) is 1.03. The van der Waals surface area contributed by atoms with Crippen LogP contribution in [0.5, 0.6) is 0 Å². The van der Waals surface area contributed by atoms with Crippen molar-refractivity contribution >= 4 is 46.1 Å². The van der Waals surface area contributed by atoms with E-state index in [2.05, 4.69) is 46.0 Å². The normalized spacial score (nSPS) is 19.4. The van der Waals surface area contributed by atoms with Crippen LogP contribution in [0.25, 0.3) is 16.7 Å². The number of carbonyl (C=O) groups is 1. The Hall–Kier alpha value is -2.28. The van der Waals surface area contributed by atoms with Gasteiger partial charge in [-0.15, -0.1) is 0 Å². The van der Waals surface area contributed by atoms with E-state index < -0.39 is 0 Å². The van der Waals surface area contributed by atoms with Crippen molar-refractivity contribution in [2.45, 2.75) is 38.6 Å². The molecule has 0 saturated carbocycles. The van der Waals surface area contributed by atoms with Gasteiger partial charge in [0.25, 0.3) is 0 Å². The van der Waals surface area contributed by atoms with Crippen molar-refractivity contribution in [1.82, 2.24) is 14.9 Å². The summed E-state index contributed by atoms with van der Waals surface area (Å²) in [7, 11) is 0. The third-order valence-electron chi connectivity index (χ3n) is 6.68. The molecule has 1 unspecified atom stereocenters. The molecule has 0 bridgehead atoms. The van der Waals surface area contributed by atoms with Gasteiger partial charge in [-0.3, -0.25) is 9.36 Å². The van der Waals surface area contributed by atoms with Crippen molar-refractivity contribution in [2.24, 2.45) is 5.92 Å². The van der Waals surface area contributed by atoms with Gasteiger partial charge < -0.3 is 15.0 Å². The Morgan fingerprint density at radius 3 is 2.67 bits per heavy atom. The van der Waals surface area contributed by atoms with E-state index in [0.29, 0.717) is 16.7 Å². The van der Waals surface area contributed by atoms with Crippen LogP contribution in [0.1, 0.15) is 31.7 Å². The van der Waals surface area contributed by atoms with E-state index in [1.807, 2.05) is 12.1 Å². The molecule has 2 fully saturated rings. The summed E-state index contributed by atoms with van der Waals surface area (Å²) in [5.41, 5.74) is 4.04. The van der Waals surface area contributed by atoms with Crippen LogP contribution >= 0.6 is 23.2 Å². The van der Waals surface area contributed by atoms with Crippen molar-refractivity contribution in [3.63, 3.8) is 0 Å². The highest BCUT2D eigenvalue weighted by Crippen LogP contribution is 2.34. The lowest BCUT2D eigenvalue weighted by atomic mass is 9.95. The standard InChI is InChI=1S/C25H28Cl2N4O2/c1-2-16-4-3-5-19(12-16)31-23-14-21(27)20(26)13-22(23)29-25(31)30-9-6-17(7-10-30)24(32)28-18-8-11-33-15-18/h3-5,12-14,17-18H,2,6-11,15H2,1H3,(H,28,32). The average Bonchev–Trinajstić information content (AvgIpc) is 3.47. The topological polar surface area (TPSA) is 59.4 Å². The predicted octanol–water partition coefficient (Wildman–Crippen LogP) is 5.02. The van der Waals surface area contributed by atoms with Gasteiger partial charge in [-0.25, -0.2) is 4.98 Å². The molecule has 8 heteroatoms. The quantitative estimate of drug-likeness (QED) is 0.550. The number of benzene rings is 2. The fourth-order valence-electron chi connectivity index (χ4n) is 4.75. The largest absolute Gasteiger partial charge is 0.379 e. The van der Waals surface area contributed by atoms with Crippen LogP contribution < -0.4 is 10.2 Å². The number of nitrogens with one attached hydrogen (secondary N) is 1. The first kappa shape index (κ1) is 22.5. The number of hydrogen-bond donors (Lipinski definition) is 1. The first-order valence-electron chi connectivity index (χ1n) is 11.6. The molecular formula is C25H28Cl2N4O2. The maximum absolute atomic E-state index is 12.7. The third-order valence-corrected chi connectivity index (χ3v) is 7.40. The summed E-state index contributed by atoms with van der Waals surface area (Å²) < 4.78 is 7.54. The summed E-state index contributed by atoms with van der Waals surface area (Å²) >= 11 is 12.7. The molecule has 2 aromatic carbocycles. The Bertz CT molecular complexity index is 1160. The van der Waals surface area contributed by atoms with Gasteiger partial charge in [0.1, 0.15) is 0 Å². The van der Waals surface area contributed by atoms with Gasteiger partial charge in [-0.1, -0.05) is 42.3 Å². The molecule has 2 aliphatic heterocycles. The van der Waals surface area contributed by atoms with Crippen LogP contribution in [0.15, 0.2) is 36.4 Å². The minimum absolute atomic E-state index is 0.0204. The van der Waals surface area contributed by atoms with E-state index in [1.54, 1.807) is 0 Å². The van der Waals surface area contributed by atoms with Crippen molar-refractivity contribution in [1.29, 1.82) is 0 Å². The zero-order valence-electron chi connectivity index (χ0n) is 18.7. The highest BCUT2D eigenvalue weighted by Gasteiger charge is 2.30. The van der Waals surface area contributed by atoms with Crippen LogP contribution in [-0.4, -0.2) is 47.8 Å². The fraction of sp³-hybridized carbons (Fsp3) is 0.440. The summed E-state index contributed by atoms with van der Waals surface area (Å²) in [6.07, 6.45) is 3.43. The number of nitrogens with zero attached hydrogens (tertiary/aromatic N) is 3. The minimum Gasteiger partial charge on any atom is -0.379 e. The monoisotopic (exact) mass is 486 g/mol. The number of carbonyl (C=O) groups excluding carboxylic acids is 1. The number of aromatic nitrogens is 2. The molecule has 2 aliphatic rings. The summed E-state index contributed by atoms with van der Waals surface area (Å²) in [5, 5.41) is 4.16. The van der Waals surface area contributed by atoms with Gasteiger partial charge in [-0.05, 0) is 55.5 Å². The molecule has 33 heavy (non-hydrogen) atoms. The minimum atomic E-state index is 0.0204. The Morgan fingerprint density at radius 2 is 1.94 bits per heavy atom. The SMILES string of the molecule is CCc1cccc(-n2c(N3CCC(C(=O)NC4CCOC4)CC3)nc3cc(Cl)c(Cl)cc32)c1.